The molecule has 12 aromatic heterocycles. The molecule has 0 saturated carbocycles. The Morgan fingerprint density at radius 1 is 0.398 bits per heavy atom. The van der Waals surface area contributed by atoms with Gasteiger partial charge in [0, 0.05) is 111 Å². The van der Waals surface area contributed by atoms with Crippen molar-refractivity contribution in [2.24, 2.45) is 0 Å². The number of benzene rings is 2. The number of hydrogen-bond donors (Lipinski definition) is 0. The van der Waals surface area contributed by atoms with Crippen LogP contribution in [0.15, 0.2) is 230 Å². The number of furan rings is 4. The lowest BCUT2D eigenvalue weighted by Gasteiger charge is -2.19. The van der Waals surface area contributed by atoms with Gasteiger partial charge in [0.15, 0.2) is 17.3 Å². The summed E-state index contributed by atoms with van der Waals surface area (Å²) in [6, 6.07) is 52.8. The molecule has 0 fully saturated rings. The van der Waals surface area contributed by atoms with E-state index in [9.17, 15) is 0 Å². The number of hydrogen-bond acceptors (Lipinski definition) is 11. The second-order valence-electron chi connectivity index (χ2n) is 21.2. The molecule has 13 nitrogen and oxygen atoms in total. The number of nitrogens with zero attached hydrogens (tertiary/aromatic N) is 8. The zero-order valence-electron chi connectivity index (χ0n) is 44.4. The second-order valence-corrected chi connectivity index (χ2v) is 21.2. The van der Waals surface area contributed by atoms with Gasteiger partial charge in [0.25, 0.3) is 0 Å². The van der Waals surface area contributed by atoms with Gasteiger partial charge >= 0.3 is 0 Å². The lowest BCUT2D eigenvalue weighted by atomic mass is 9.94. The summed E-state index contributed by atoms with van der Waals surface area (Å²) in [5.74, 6) is 5.21. The van der Waals surface area contributed by atoms with Crippen molar-refractivity contribution in [1.82, 2.24) is 39.0 Å². The van der Waals surface area contributed by atoms with Gasteiger partial charge in [-0.3, -0.25) is 29.1 Å². The topological polar surface area (TPSA) is 149 Å². The maximum Gasteiger partial charge on any atom is 0.206 e. The Morgan fingerprint density at radius 3 is 1.43 bits per heavy atom. The van der Waals surface area contributed by atoms with Crippen LogP contribution in [0.5, 0.6) is 0 Å². The van der Waals surface area contributed by atoms with Crippen LogP contribution in [-0.4, -0.2) is 39.0 Å². The number of pyridine rings is 6. The molecule has 0 N–H and O–H groups in total. The average molecular weight is 1080 g/mol. The maximum atomic E-state index is 6.62. The molecule has 2 aliphatic carbocycles. The van der Waals surface area contributed by atoms with Gasteiger partial charge in [-0.25, -0.2) is 9.97 Å². The van der Waals surface area contributed by atoms with E-state index in [-0.39, 0.29) is 6.10 Å². The van der Waals surface area contributed by atoms with Crippen LogP contribution in [-0.2, 0) is 17.6 Å². The summed E-state index contributed by atoms with van der Waals surface area (Å²) in [6.45, 7) is 0. The summed E-state index contributed by atoms with van der Waals surface area (Å²) in [5, 5.41) is 4.02. The van der Waals surface area contributed by atoms with Crippen molar-refractivity contribution >= 4 is 61.7 Å². The minimum atomic E-state index is -0.118. The summed E-state index contributed by atoms with van der Waals surface area (Å²) in [7, 11) is 0. The highest BCUT2D eigenvalue weighted by Crippen LogP contribution is 2.45. The van der Waals surface area contributed by atoms with Crippen LogP contribution in [0.4, 0.5) is 0 Å². The van der Waals surface area contributed by atoms with Gasteiger partial charge in [-0.2, -0.15) is 0 Å². The number of rotatable bonds is 10. The Hall–Kier alpha value is -10.9. The third kappa shape index (κ3) is 7.91. The number of allylic oxidation sites excluding steroid dienone is 2. The quantitative estimate of drug-likeness (QED) is 0.129. The minimum Gasteiger partial charge on any atom is -0.484 e. The van der Waals surface area contributed by atoms with Crippen LogP contribution in [0.3, 0.4) is 0 Å². The van der Waals surface area contributed by atoms with Crippen molar-refractivity contribution in [3.05, 3.63) is 246 Å². The number of ether oxygens (including phenoxy) is 1. The molecule has 1 aliphatic heterocycles. The molecule has 17 rings (SSSR count). The molecular formula is C70H46N8O5. The van der Waals surface area contributed by atoms with Gasteiger partial charge in [0.05, 0.1) is 5.69 Å². The van der Waals surface area contributed by atoms with Crippen molar-refractivity contribution in [1.29, 1.82) is 0 Å². The highest BCUT2D eigenvalue weighted by atomic mass is 16.5. The van der Waals surface area contributed by atoms with Crippen LogP contribution < -0.4 is 0 Å². The largest absolute Gasteiger partial charge is 0.484 e. The predicted octanol–water partition coefficient (Wildman–Crippen LogP) is 16.8. The summed E-state index contributed by atoms with van der Waals surface area (Å²) < 4.78 is 37.2. The first kappa shape index (κ1) is 46.9. The fraction of sp³-hybridized carbons (Fsp3) is 0.0857. The summed E-state index contributed by atoms with van der Waals surface area (Å²) in [6.07, 6.45) is 21.6. The van der Waals surface area contributed by atoms with E-state index in [1.807, 2.05) is 128 Å². The van der Waals surface area contributed by atoms with E-state index in [2.05, 4.69) is 95.8 Å². The highest BCUT2D eigenvalue weighted by molar-refractivity contribution is 6.08. The number of aromatic nitrogens is 8. The van der Waals surface area contributed by atoms with Crippen molar-refractivity contribution in [3.8, 4) is 68.4 Å². The Kier molecular flexibility index (Phi) is 10.7. The Balaban J connectivity index is 0.757. The fourth-order valence-electron chi connectivity index (χ4n) is 12.4. The van der Waals surface area contributed by atoms with E-state index in [1.54, 1.807) is 18.6 Å². The Morgan fingerprint density at radius 2 is 0.892 bits per heavy atom. The van der Waals surface area contributed by atoms with Gasteiger partial charge in [-0.15, -0.1) is 0 Å². The molecule has 0 radical (unpaired) electrons. The van der Waals surface area contributed by atoms with Crippen molar-refractivity contribution in [2.45, 2.75) is 38.2 Å². The molecule has 2 aromatic carbocycles. The van der Waals surface area contributed by atoms with E-state index in [0.717, 1.165) is 172 Å². The summed E-state index contributed by atoms with van der Waals surface area (Å²) >= 11 is 0. The summed E-state index contributed by atoms with van der Waals surface area (Å²) in [5.41, 5.74) is 17.1. The Bertz CT molecular complexity index is 4980. The average Bonchev–Trinajstić information content (AvgIpc) is 3.54. The van der Waals surface area contributed by atoms with Gasteiger partial charge in [0.1, 0.15) is 57.2 Å². The summed E-state index contributed by atoms with van der Waals surface area (Å²) in [4.78, 5) is 28.8. The lowest BCUT2D eigenvalue weighted by Crippen LogP contribution is -2.07. The van der Waals surface area contributed by atoms with Gasteiger partial charge in [-0.1, -0.05) is 36.4 Å². The van der Waals surface area contributed by atoms with Crippen LogP contribution in [0.2, 0.25) is 0 Å². The predicted molar refractivity (Wildman–Crippen MR) is 320 cm³/mol. The molecule has 1 atom stereocenters. The van der Waals surface area contributed by atoms with Crippen LogP contribution in [0, 0.1) is 0 Å². The lowest BCUT2D eigenvalue weighted by molar-refractivity contribution is 0.146. The van der Waals surface area contributed by atoms with Gasteiger partial charge < -0.3 is 22.4 Å². The zero-order chi connectivity index (χ0) is 54.5. The molecule has 0 spiro atoms. The van der Waals surface area contributed by atoms with E-state index in [0.29, 0.717) is 23.3 Å². The number of fused-ring (bicyclic) bond motifs is 9. The molecule has 0 bridgehead atoms. The van der Waals surface area contributed by atoms with E-state index in [4.69, 9.17) is 32.4 Å². The first-order valence-corrected chi connectivity index (χ1v) is 27.9. The van der Waals surface area contributed by atoms with Crippen LogP contribution >= 0.6 is 0 Å². The van der Waals surface area contributed by atoms with Crippen molar-refractivity contribution in [3.63, 3.8) is 0 Å². The Labute approximate surface area is 473 Å². The molecule has 396 valence electrons. The molecule has 0 saturated heterocycles. The molecule has 14 aromatic rings. The molecular weight excluding hydrogens is 1030 g/mol. The second kappa shape index (κ2) is 18.9. The zero-order valence-corrected chi connectivity index (χ0v) is 44.4. The van der Waals surface area contributed by atoms with Gasteiger partial charge in [-0.05, 0) is 175 Å². The standard InChI is InChI=1S/C70H46N8O5/c1-5-29-71-53(9-1)63-23-21-59(79-63)43-13-17-57-47(35-43)51-37-45(39-75-69(51)77(57)67-27-25-65(82-67)55-11-3-7-31-73-55)41-15-19-61-49(33-41)50-34-42(16-20-62(50)81-61)46-38-52-48-36-44(60-22-24-64(80-60)54-10-2-6-30-72-54)14-18-58(48)78(70(52)76-40-46)68-28-26-66(83-68)56-12-4-8-32-74-56/h1-12,15-16,19-23,25-40,64H,13-14,17-18,24H2. The SMILES string of the molecule is C1=C(C2=CCC(c3ccccn3)O2)CCc2c1c1cc(-c3ccc4oc5ccc(-c6cnc7c(c6)c6c(n7-c7ccc(-c8ccccn8)o7)CCC(c7ccc(-c8ccccn8)o7)=C6)cc5c4c3)cnc1n2-c1ccc(-c2ccccn2)o1. The van der Waals surface area contributed by atoms with Crippen LogP contribution in [0.25, 0.3) is 130 Å². The first-order chi connectivity index (χ1) is 41.1. The van der Waals surface area contributed by atoms with Gasteiger partial charge in [0.2, 0.25) is 11.8 Å². The van der Waals surface area contributed by atoms with E-state index >= 15 is 0 Å². The van der Waals surface area contributed by atoms with E-state index in [1.165, 1.54) is 0 Å². The normalized spacial score (nSPS) is 14.9. The molecule has 13 heterocycles. The van der Waals surface area contributed by atoms with Crippen molar-refractivity contribution < 1.29 is 22.4 Å². The monoisotopic (exact) mass is 1080 g/mol. The third-order valence-electron chi connectivity index (χ3n) is 16.4. The van der Waals surface area contributed by atoms with E-state index < -0.39 is 0 Å². The first-order valence-electron chi connectivity index (χ1n) is 27.9. The molecule has 0 amide bonds. The minimum absolute atomic E-state index is 0.118. The fourth-order valence-corrected chi connectivity index (χ4v) is 12.4. The molecule has 13 heteroatoms. The third-order valence-corrected chi connectivity index (χ3v) is 16.4. The maximum absolute atomic E-state index is 6.62. The molecule has 1 unspecified atom stereocenters. The smallest absolute Gasteiger partial charge is 0.206 e. The van der Waals surface area contributed by atoms with Crippen molar-refractivity contribution in [2.75, 3.05) is 0 Å². The molecule has 83 heavy (non-hydrogen) atoms. The van der Waals surface area contributed by atoms with Crippen LogP contribution in [0.1, 0.15) is 59.3 Å². The highest BCUT2D eigenvalue weighted by Gasteiger charge is 2.30. The molecule has 3 aliphatic rings.